The first-order valence-electron chi connectivity index (χ1n) is 4.26. The van der Waals surface area contributed by atoms with Crippen molar-refractivity contribution in [1.29, 1.82) is 0 Å². The number of alkyl halides is 2. The lowest BCUT2D eigenvalue weighted by molar-refractivity contribution is 0.0215. The van der Waals surface area contributed by atoms with Gasteiger partial charge in [-0.3, -0.25) is 4.98 Å². The van der Waals surface area contributed by atoms with Crippen LogP contribution in [0.3, 0.4) is 0 Å². The Kier molecular flexibility index (Phi) is 5.20. The summed E-state index contributed by atoms with van der Waals surface area (Å²) in [7, 11) is 0. The van der Waals surface area contributed by atoms with Crippen molar-refractivity contribution in [2.45, 2.75) is 6.43 Å². The Morgan fingerprint density at radius 1 is 1.47 bits per heavy atom. The molecule has 0 saturated heterocycles. The third-order valence-corrected chi connectivity index (χ3v) is 1.58. The van der Waals surface area contributed by atoms with Crippen molar-refractivity contribution in [2.75, 3.05) is 25.1 Å². The van der Waals surface area contributed by atoms with E-state index in [0.29, 0.717) is 12.4 Å². The summed E-state index contributed by atoms with van der Waals surface area (Å²) in [6, 6.07) is 0. The Bertz CT molecular complexity index is 301. The van der Waals surface area contributed by atoms with Crippen LogP contribution in [0.15, 0.2) is 12.4 Å². The van der Waals surface area contributed by atoms with Crippen molar-refractivity contribution >= 4 is 17.4 Å². The number of anilines is 1. The van der Waals surface area contributed by atoms with Crippen LogP contribution in [0.2, 0.25) is 5.15 Å². The Hall–Kier alpha value is -1.01. The number of rotatable bonds is 6. The van der Waals surface area contributed by atoms with Gasteiger partial charge < -0.3 is 10.1 Å². The molecule has 1 N–H and O–H groups in total. The molecular weight excluding hydrogens is 228 g/mol. The number of nitrogens with one attached hydrogen (secondary N) is 1. The zero-order valence-corrected chi connectivity index (χ0v) is 8.55. The van der Waals surface area contributed by atoms with Crippen LogP contribution in [0.25, 0.3) is 0 Å². The fourth-order valence-electron chi connectivity index (χ4n) is 0.851. The Labute approximate surface area is 90.6 Å². The maximum absolute atomic E-state index is 11.7. The van der Waals surface area contributed by atoms with E-state index in [1.807, 2.05) is 0 Å². The molecule has 0 aliphatic rings. The minimum Gasteiger partial charge on any atom is -0.374 e. The first-order valence-corrected chi connectivity index (χ1v) is 4.63. The molecule has 0 aliphatic carbocycles. The summed E-state index contributed by atoms with van der Waals surface area (Å²) in [6.07, 6.45) is 0.454. The third-order valence-electron chi connectivity index (χ3n) is 1.40. The van der Waals surface area contributed by atoms with Crippen LogP contribution in [-0.4, -0.2) is 36.2 Å². The van der Waals surface area contributed by atoms with Crippen molar-refractivity contribution < 1.29 is 13.5 Å². The Morgan fingerprint density at radius 2 is 2.27 bits per heavy atom. The lowest BCUT2D eigenvalue weighted by Crippen LogP contribution is -2.13. The van der Waals surface area contributed by atoms with Crippen LogP contribution in [0.5, 0.6) is 0 Å². The third kappa shape index (κ3) is 5.44. The quantitative estimate of drug-likeness (QED) is 0.767. The lowest BCUT2D eigenvalue weighted by Gasteiger charge is -2.05. The Balaban J connectivity index is 2.15. The van der Waals surface area contributed by atoms with Crippen LogP contribution in [-0.2, 0) is 4.74 Å². The van der Waals surface area contributed by atoms with Crippen molar-refractivity contribution in [3.8, 4) is 0 Å². The highest BCUT2D eigenvalue weighted by Gasteiger charge is 2.01. The summed E-state index contributed by atoms with van der Waals surface area (Å²) in [6.45, 7) is 0.00315. The highest BCUT2D eigenvalue weighted by atomic mass is 35.5. The normalized spacial score (nSPS) is 10.7. The maximum Gasteiger partial charge on any atom is 0.261 e. The van der Waals surface area contributed by atoms with Crippen LogP contribution in [0.1, 0.15) is 0 Å². The molecule has 84 valence electrons. The molecule has 7 heteroatoms. The number of hydrogen-bond acceptors (Lipinski definition) is 4. The molecule has 0 unspecified atom stereocenters. The molecule has 0 fully saturated rings. The Morgan fingerprint density at radius 3 is 2.93 bits per heavy atom. The molecule has 0 saturated carbocycles. The smallest absolute Gasteiger partial charge is 0.261 e. The molecular formula is C8H10ClF2N3O. The molecule has 0 aromatic carbocycles. The molecule has 1 heterocycles. The van der Waals surface area contributed by atoms with Crippen molar-refractivity contribution in [3.63, 3.8) is 0 Å². The van der Waals surface area contributed by atoms with Gasteiger partial charge in [-0.05, 0) is 0 Å². The van der Waals surface area contributed by atoms with E-state index in [1.165, 1.54) is 12.4 Å². The molecule has 0 radical (unpaired) electrons. The monoisotopic (exact) mass is 237 g/mol. The standard InChI is InChI=1S/C8H10ClF2N3O/c9-6-3-12-4-8(14-6)13-1-2-15-5-7(10)11/h3-4,7H,1-2,5H2,(H,13,14). The highest BCUT2D eigenvalue weighted by Crippen LogP contribution is 2.05. The van der Waals surface area contributed by atoms with E-state index in [4.69, 9.17) is 11.6 Å². The van der Waals surface area contributed by atoms with Gasteiger partial charge in [0.2, 0.25) is 0 Å². The molecule has 0 bridgehead atoms. The second kappa shape index (κ2) is 6.47. The fraction of sp³-hybridized carbons (Fsp3) is 0.500. The lowest BCUT2D eigenvalue weighted by atomic mass is 10.6. The van der Waals surface area contributed by atoms with Crippen LogP contribution >= 0.6 is 11.6 Å². The van der Waals surface area contributed by atoms with Gasteiger partial charge >= 0.3 is 0 Å². The topological polar surface area (TPSA) is 47.0 Å². The predicted molar refractivity (Wildman–Crippen MR) is 52.4 cm³/mol. The summed E-state index contributed by atoms with van der Waals surface area (Å²) in [5.74, 6) is 0.489. The van der Waals surface area contributed by atoms with Crippen LogP contribution in [0, 0.1) is 0 Å². The van der Waals surface area contributed by atoms with E-state index in [-0.39, 0.29) is 11.8 Å². The first kappa shape index (κ1) is 12.1. The molecule has 15 heavy (non-hydrogen) atoms. The first-order chi connectivity index (χ1) is 7.18. The van der Waals surface area contributed by atoms with Gasteiger partial charge in [0.25, 0.3) is 6.43 Å². The van der Waals surface area contributed by atoms with Crippen LogP contribution < -0.4 is 5.32 Å². The van der Waals surface area contributed by atoms with E-state index in [0.717, 1.165) is 0 Å². The van der Waals surface area contributed by atoms with Gasteiger partial charge in [0, 0.05) is 6.54 Å². The van der Waals surface area contributed by atoms with E-state index in [9.17, 15) is 8.78 Å². The van der Waals surface area contributed by atoms with Gasteiger partial charge in [0.15, 0.2) is 0 Å². The van der Waals surface area contributed by atoms with E-state index in [2.05, 4.69) is 20.0 Å². The highest BCUT2D eigenvalue weighted by molar-refractivity contribution is 6.29. The van der Waals surface area contributed by atoms with Crippen molar-refractivity contribution in [3.05, 3.63) is 17.5 Å². The zero-order chi connectivity index (χ0) is 11.1. The second-order valence-corrected chi connectivity index (χ2v) is 3.01. The summed E-state index contributed by atoms with van der Waals surface area (Å²) >= 11 is 5.58. The van der Waals surface area contributed by atoms with Crippen molar-refractivity contribution in [1.82, 2.24) is 9.97 Å². The summed E-state index contributed by atoms with van der Waals surface area (Å²) in [5, 5.41) is 3.10. The van der Waals surface area contributed by atoms with Crippen molar-refractivity contribution in [2.24, 2.45) is 0 Å². The van der Waals surface area contributed by atoms with Gasteiger partial charge in [-0.2, -0.15) is 0 Å². The SMILES string of the molecule is FC(F)COCCNc1cncc(Cl)n1. The van der Waals surface area contributed by atoms with E-state index < -0.39 is 13.0 Å². The molecule has 0 atom stereocenters. The molecule has 4 nitrogen and oxygen atoms in total. The molecule has 0 spiro atoms. The molecule has 0 aliphatic heterocycles. The summed E-state index contributed by atoms with van der Waals surface area (Å²) in [4.78, 5) is 7.69. The fourth-order valence-corrected chi connectivity index (χ4v) is 0.998. The number of ether oxygens (including phenoxy) is 1. The number of halogens is 3. The largest absolute Gasteiger partial charge is 0.374 e. The second-order valence-electron chi connectivity index (χ2n) is 2.62. The minimum absolute atomic E-state index is 0.179. The molecule has 1 aromatic rings. The van der Waals surface area contributed by atoms with Gasteiger partial charge in [-0.25, -0.2) is 13.8 Å². The molecule has 1 aromatic heterocycles. The maximum atomic E-state index is 11.7. The van der Waals surface area contributed by atoms with E-state index in [1.54, 1.807) is 0 Å². The average molecular weight is 238 g/mol. The zero-order valence-electron chi connectivity index (χ0n) is 7.79. The van der Waals surface area contributed by atoms with Gasteiger partial charge in [0.05, 0.1) is 19.0 Å². The van der Waals surface area contributed by atoms with Gasteiger partial charge in [-0.15, -0.1) is 0 Å². The predicted octanol–water partition coefficient (Wildman–Crippen LogP) is 1.82. The van der Waals surface area contributed by atoms with Gasteiger partial charge in [-0.1, -0.05) is 11.6 Å². The molecule has 0 amide bonds. The van der Waals surface area contributed by atoms with E-state index >= 15 is 0 Å². The molecule has 1 rings (SSSR count). The average Bonchev–Trinajstić information content (AvgIpc) is 2.17. The van der Waals surface area contributed by atoms with Gasteiger partial charge in [0.1, 0.15) is 17.6 Å². The summed E-state index contributed by atoms with van der Waals surface area (Å²) in [5.41, 5.74) is 0. The van der Waals surface area contributed by atoms with Crippen LogP contribution in [0.4, 0.5) is 14.6 Å². The summed E-state index contributed by atoms with van der Waals surface area (Å²) < 4.78 is 28.0. The minimum atomic E-state index is -2.43. The number of aromatic nitrogens is 2. The number of hydrogen-bond donors (Lipinski definition) is 1. The number of nitrogens with zero attached hydrogens (tertiary/aromatic N) is 2.